The third-order valence-electron chi connectivity index (χ3n) is 3.47. The van der Waals surface area contributed by atoms with Crippen molar-refractivity contribution in [1.82, 2.24) is 15.0 Å². The summed E-state index contributed by atoms with van der Waals surface area (Å²) in [6.45, 7) is 8.76. The molecule has 2 aromatic heterocycles. The second-order valence-electron chi connectivity index (χ2n) is 6.15. The van der Waals surface area contributed by atoms with Gasteiger partial charge >= 0.3 is 0 Å². The van der Waals surface area contributed by atoms with E-state index < -0.39 is 0 Å². The molecule has 0 amide bonds. The Kier molecular flexibility index (Phi) is 6.54. The highest BCUT2D eigenvalue weighted by Gasteiger charge is 2.11. The fraction of sp³-hybridized carbons (Fsp3) is 0.200. The normalized spacial score (nSPS) is 11.3. The Morgan fingerprint density at radius 2 is 1.78 bits per heavy atom. The van der Waals surface area contributed by atoms with Crippen molar-refractivity contribution in [3.63, 3.8) is 0 Å². The van der Waals surface area contributed by atoms with Crippen LogP contribution in [0.3, 0.4) is 0 Å². The maximum absolute atomic E-state index is 13.1. The molecule has 1 atom stereocenters. The summed E-state index contributed by atoms with van der Waals surface area (Å²) in [4.78, 5) is 12.9. The van der Waals surface area contributed by atoms with E-state index in [-0.39, 0.29) is 17.6 Å². The fourth-order valence-corrected chi connectivity index (χ4v) is 2.12. The molecule has 0 aliphatic carbocycles. The van der Waals surface area contributed by atoms with E-state index in [2.05, 4.69) is 26.8 Å². The van der Waals surface area contributed by atoms with Gasteiger partial charge in [-0.2, -0.15) is 0 Å². The quantitative estimate of drug-likeness (QED) is 0.457. The molecule has 0 saturated carbocycles. The average Bonchev–Trinajstić information content (AvgIpc) is 2.62. The van der Waals surface area contributed by atoms with Gasteiger partial charge in [-0.15, -0.1) is 0 Å². The Morgan fingerprint density at radius 3 is 2.37 bits per heavy atom. The van der Waals surface area contributed by atoms with E-state index in [1.165, 1.54) is 18.5 Å². The summed E-state index contributed by atoms with van der Waals surface area (Å²) >= 11 is 0. The van der Waals surface area contributed by atoms with E-state index >= 15 is 0 Å². The van der Waals surface area contributed by atoms with Gasteiger partial charge in [0, 0.05) is 11.3 Å². The summed E-state index contributed by atoms with van der Waals surface area (Å²) in [5.41, 5.74) is 3.39. The van der Waals surface area contributed by atoms with Gasteiger partial charge in [0.1, 0.15) is 23.4 Å². The maximum Gasteiger partial charge on any atom is 0.156 e. The number of halogens is 1. The zero-order chi connectivity index (χ0) is 20.0. The lowest BCUT2D eigenvalue weighted by molar-refractivity contribution is 0.384. The number of pyridine rings is 1. The highest BCUT2D eigenvalue weighted by Crippen LogP contribution is 2.24. The first-order chi connectivity index (χ1) is 12.8. The molecule has 27 heavy (non-hydrogen) atoms. The SMILES string of the molecule is C=C(O)C(C)Nc1ncnc2ccc(-c3ccc(F)cc3)nc12.CC(C)=N. The number of rotatable bonds is 4. The second kappa shape index (κ2) is 8.84. The van der Waals surface area contributed by atoms with Crippen LogP contribution in [-0.4, -0.2) is 31.8 Å². The number of aromatic nitrogens is 3. The second-order valence-corrected chi connectivity index (χ2v) is 6.15. The van der Waals surface area contributed by atoms with Crippen LogP contribution < -0.4 is 5.32 Å². The lowest BCUT2D eigenvalue weighted by Crippen LogP contribution is -2.18. The van der Waals surface area contributed by atoms with Crippen LogP contribution in [-0.2, 0) is 0 Å². The minimum Gasteiger partial charge on any atom is -0.511 e. The third-order valence-corrected chi connectivity index (χ3v) is 3.47. The highest BCUT2D eigenvalue weighted by atomic mass is 19.1. The van der Waals surface area contributed by atoms with E-state index in [0.717, 1.165) is 5.56 Å². The smallest absolute Gasteiger partial charge is 0.156 e. The zero-order valence-corrected chi connectivity index (χ0v) is 15.5. The van der Waals surface area contributed by atoms with Crippen LogP contribution in [0.5, 0.6) is 0 Å². The Bertz CT molecular complexity index is 952. The van der Waals surface area contributed by atoms with E-state index in [9.17, 15) is 9.50 Å². The number of aliphatic hydroxyl groups is 1. The van der Waals surface area contributed by atoms with E-state index in [0.29, 0.717) is 28.3 Å². The molecule has 6 nitrogen and oxygen atoms in total. The number of nitrogens with zero attached hydrogens (tertiary/aromatic N) is 3. The molecule has 3 aromatic rings. The highest BCUT2D eigenvalue weighted by molar-refractivity contribution is 5.87. The van der Waals surface area contributed by atoms with Crippen molar-refractivity contribution in [2.75, 3.05) is 5.32 Å². The van der Waals surface area contributed by atoms with Gasteiger partial charge in [-0.1, -0.05) is 6.58 Å². The van der Waals surface area contributed by atoms with Gasteiger partial charge in [-0.05, 0) is 57.2 Å². The molecule has 0 aliphatic heterocycles. The number of aliphatic hydroxyl groups excluding tert-OH is 1. The van der Waals surface area contributed by atoms with Gasteiger partial charge in [-0.3, -0.25) is 0 Å². The van der Waals surface area contributed by atoms with Gasteiger partial charge < -0.3 is 15.8 Å². The summed E-state index contributed by atoms with van der Waals surface area (Å²) < 4.78 is 13.1. The predicted molar refractivity (Wildman–Crippen MR) is 107 cm³/mol. The molecule has 0 saturated heterocycles. The van der Waals surface area contributed by atoms with Crippen LogP contribution in [0.4, 0.5) is 10.2 Å². The summed E-state index contributed by atoms with van der Waals surface area (Å²) in [5, 5.41) is 19.0. The topological polar surface area (TPSA) is 94.8 Å². The number of benzene rings is 1. The molecule has 3 N–H and O–H groups in total. The molecule has 3 rings (SSSR count). The summed E-state index contributed by atoms with van der Waals surface area (Å²) in [6.07, 6.45) is 1.43. The van der Waals surface area contributed by atoms with Crippen LogP contribution >= 0.6 is 0 Å². The van der Waals surface area contributed by atoms with Gasteiger partial charge in [0.25, 0.3) is 0 Å². The Hall–Kier alpha value is -3.35. The number of fused-ring (bicyclic) bond motifs is 1. The van der Waals surface area contributed by atoms with Gasteiger partial charge in [0.05, 0.1) is 17.3 Å². The van der Waals surface area contributed by atoms with Crippen molar-refractivity contribution < 1.29 is 9.50 Å². The molecule has 0 radical (unpaired) electrons. The first-order valence-electron chi connectivity index (χ1n) is 8.31. The molecule has 0 bridgehead atoms. The van der Waals surface area contributed by atoms with Crippen molar-refractivity contribution in [3.8, 4) is 11.3 Å². The van der Waals surface area contributed by atoms with Gasteiger partial charge in [0.2, 0.25) is 0 Å². The minimum absolute atomic E-state index is 0.00597. The summed E-state index contributed by atoms with van der Waals surface area (Å²) in [5.74, 6) is 0.212. The third kappa shape index (κ3) is 5.57. The molecule has 2 heterocycles. The molecule has 0 spiro atoms. The van der Waals surface area contributed by atoms with E-state index in [1.54, 1.807) is 32.9 Å². The van der Waals surface area contributed by atoms with Crippen LogP contribution in [0.25, 0.3) is 22.3 Å². The molecular formula is C20H22FN5O. The fourth-order valence-electron chi connectivity index (χ4n) is 2.12. The average molecular weight is 367 g/mol. The number of hydrogen-bond acceptors (Lipinski definition) is 6. The number of nitrogens with one attached hydrogen (secondary N) is 2. The standard InChI is InChI=1S/C17H15FN4O.C3H7N/c1-10(11(2)23)21-17-16-15(19-9-20-17)8-7-14(22-16)12-3-5-13(18)6-4-12;1-3(2)4/h3-10,23H,2H2,1H3,(H,19,20,21);4H,1-2H3. The largest absolute Gasteiger partial charge is 0.511 e. The molecule has 140 valence electrons. The van der Waals surface area contributed by atoms with Crippen molar-refractivity contribution in [2.45, 2.75) is 26.8 Å². The van der Waals surface area contributed by atoms with Gasteiger partial charge in [0.15, 0.2) is 5.82 Å². The molecule has 0 aliphatic rings. The monoisotopic (exact) mass is 367 g/mol. The summed E-state index contributed by atoms with van der Waals surface area (Å²) in [7, 11) is 0. The van der Waals surface area contributed by atoms with Crippen LogP contribution in [0.15, 0.2) is 55.1 Å². The first kappa shape index (κ1) is 20.0. The predicted octanol–water partition coefficient (Wildman–Crippen LogP) is 4.75. The van der Waals surface area contributed by atoms with Crippen molar-refractivity contribution in [1.29, 1.82) is 5.41 Å². The number of hydrogen-bond donors (Lipinski definition) is 3. The number of anilines is 1. The Balaban J connectivity index is 0.000000596. The molecule has 1 aromatic carbocycles. The Morgan fingerprint density at radius 1 is 1.15 bits per heavy atom. The molecule has 1 unspecified atom stereocenters. The lowest BCUT2D eigenvalue weighted by atomic mass is 10.1. The van der Waals surface area contributed by atoms with Crippen LogP contribution in [0, 0.1) is 11.2 Å². The zero-order valence-electron chi connectivity index (χ0n) is 15.5. The van der Waals surface area contributed by atoms with Crippen molar-refractivity contribution in [3.05, 3.63) is 60.9 Å². The van der Waals surface area contributed by atoms with Crippen molar-refractivity contribution in [2.24, 2.45) is 0 Å². The lowest BCUT2D eigenvalue weighted by Gasteiger charge is -2.14. The Labute approximate surface area is 157 Å². The first-order valence-corrected chi connectivity index (χ1v) is 8.31. The summed E-state index contributed by atoms with van der Waals surface area (Å²) in [6, 6.07) is 9.38. The van der Waals surface area contributed by atoms with E-state index in [4.69, 9.17) is 5.41 Å². The molecule has 7 heteroatoms. The maximum atomic E-state index is 13.1. The van der Waals surface area contributed by atoms with Crippen LogP contribution in [0.1, 0.15) is 20.8 Å². The van der Waals surface area contributed by atoms with E-state index in [1.807, 2.05) is 12.1 Å². The molecule has 0 fully saturated rings. The van der Waals surface area contributed by atoms with Gasteiger partial charge in [-0.25, -0.2) is 19.3 Å². The van der Waals surface area contributed by atoms with Crippen molar-refractivity contribution >= 4 is 22.6 Å². The van der Waals surface area contributed by atoms with Crippen LogP contribution in [0.2, 0.25) is 0 Å². The minimum atomic E-state index is -0.371. The molecular weight excluding hydrogens is 345 g/mol.